The second-order valence-electron chi connectivity index (χ2n) is 5.89. The van der Waals surface area contributed by atoms with E-state index in [1.807, 2.05) is 12.3 Å². The van der Waals surface area contributed by atoms with Crippen LogP contribution in [0.2, 0.25) is 0 Å². The van der Waals surface area contributed by atoms with Crippen LogP contribution in [0.5, 0.6) is 0 Å². The molecule has 116 valence electrons. The SMILES string of the molecule is CN(C)C(=O)c1cn[nH]c1[C@@H]1CCCN1Cc1cccnc1. The number of rotatable bonds is 4. The van der Waals surface area contributed by atoms with Gasteiger partial charge in [0.25, 0.3) is 5.91 Å². The summed E-state index contributed by atoms with van der Waals surface area (Å²) in [5, 5.41) is 7.14. The van der Waals surface area contributed by atoms with Gasteiger partial charge in [-0.05, 0) is 31.0 Å². The molecule has 6 heteroatoms. The molecule has 1 saturated heterocycles. The van der Waals surface area contributed by atoms with Gasteiger partial charge < -0.3 is 4.90 Å². The monoisotopic (exact) mass is 299 g/mol. The average Bonchev–Trinajstić information content (AvgIpc) is 3.15. The Labute approximate surface area is 130 Å². The van der Waals surface area contributed by atoms with Gasteiger partial charge in [0.2, 0.25) is 0 Å². The van der Waals surface area contributed by atoms with Gasteiger partial charge in [-0.3, -0.25) is 19.8 Å². The van der Waals surface area contributed by atoms with Crippen molar-refractivity contribution in [1.29, 1.82) is 0 Å². The standard InChI is InChI=1S/C16H21N5O/c1-20(2)16(22)13-10-18-19-15(13)14-6-4-8-21(14)11-12-5-3-7-17-9-12/h3,5,7,9-10,14H,4,6,8,11H2,1-2H3,(H,18,19)/t14-/m0/s1. The van der Waals surface area contributed by atoms with Crippen LogP contribution < -0.4 is 0 Å². The molecule has 0 bridgehead atoms. The first-order valence-corrected chi connectivity index (χ1v) is 7.54. The predicted molar refractivity (Wildman–Crippen MR) is 83.2 cm³/mol. The van der Waals surface area contributed by atoms with Gasteiger partial charge >= 0.3 is 0 Å². The number of carbonyl (C=O) groups is 1. The number of H-pyrrole nitrogens is 1. The Hall–Kier alpha value is -2.21. The third-order valence-corrected chi connectivity index (χ3v) is 4.11. The van der Waals surface area contributed by atoms with E-state index in [0.717, 1.165) is 31.6 Å². The fraction of sp³-hybridized carbons (Fsp3) is 0.438. The van der Waals surface area contributed by atoms with Crippen molar-refractivity contribution in [3.05, 3.63) is 47.5 Å². The lowest BCUT2D eigenvalue weighted by molar-refractivity contribution is 0.0824. The highest BCUT2D eigenvalue weighted by Crippen LogP contribution is 2.33. The first-order valence-electron chi connectivity index (χ1n) is 7.54. The number of aromatic nitrogens is 3. The molecule has 1 aliphatic rings. The van der Waals surface area contributed by atoms with Crippen LogP contribution in [0.15, 0.2) is 30.7 Å². The molecule has 3 heterocycles. The second kappa shape index (κ2) is 6.27. The third kappa shape index (κ3) is 2.87. The van der Waals surface area contributed by atoms with Crippen LogP contribution >= 0.6 is 0 Å². The largest absolute Gasteiger partial charge is 0.345 e. The fourth-order valence-corrected chi connectivity index (χ4v) is 3.03. The molecule has 1 fully saturated rings. The zero-order valence-electron chi connectivity index (χ0n) is 13.0. The highest BCUT2D eigenvalue weighted by Gasteiger charge is 2.31. The van der Waals surface area contributed by atoms with Crippen LogP contribution in [0.3, 0.4) is 0 Å². The van der Waals surface area contributed by atoms with Crippen molar-refractivity contribution in [2.24, 2.45) is 0 Å². The van der Waals surface area contributed by atoms with Crippen LogP contribution in [-0.2, 0) is 6.54 Å². The maximum Gasteiger partial charge on any atom is 0.256 e. The molecule has 1 N–H and O–H groups in total. The van der Waals surface area contributed by atoms with E-state index in [0.29, 0.717) is 5.56 Å². The molecule has 0 unspecified atom stereocenters. The summed E-state index contributed by atoms with van der Waals surface area (Å²) in [5.41, 5.74) is 2.79. The molecule has 22 heavy (non-hydrogen) atoms. The summed E-state index contributed by atoms with van der Waals surface area (Å²) in [6, 6.07) is 4.25. The average molecular weight is 299 g/mol. The molecule has 2 aromatic rings. The minimum absolute atomic E-state index is 0.00280. The summed E-state index contributed by atoms with van der Waals surface area (Å²) < 4.78 is 0. The Balaban J connectivity index is 1.82. The number of likely N-dealkylation sites (tertiary alicyclic amines) is 1. The molecule has 1 aliphatic heterocycles. The number of hydrogen-bond acceptors (Lipinski definition) is 4. The van der Waals surface area contributed by atoms with Crippen LogP contribution in [-0.4, -0.2) is 51.5 Å². The molecule has 0 aromatic carbocycles. The van der Waals surface area contributed by atoms with E-state index in [1.54, 1.807) is 31.4 Å². The lowest BCUT2D eigenvalue weighted by Crippen LogP contribution is -2.27. The van der Waals surface area contributed by atoms with Crippen molar-refractivity contribution >= 4 is 5.91 Å². The molecule has 6 nitrogen and oxygen atoms in total. The normalized spacial score (nSPS) is 18.5. The minimum Gasteiger partial charge on any atom is -0.345 e. The molecule has 3 rings (SSSR count). The topological polar surface area (TPSA) is 65.1 Å². The summed E-state index contributed by atoms with van der Waals surface area (Å²) in [6.45, 7) is 1.86. The minimum atomic E-state index is -0.00280. The maximum atomic E-state index is 12.3. The summed E-state index contributed by atoms with van der Waals surface area (Å²) in [6.07, 6.45) is 7.48. The van der Waals surface area contributed by atoms with E-state index in [-0.39, 0.29) is 11.9 Å². The number of nitrogens with zero attached hydrogens (tertiary/aromatic N) is 4. The van der Waals surface area contributed by atoms with Gasteiger partial charge in [0, 0.05) is 33.0 Å². The van der Waals surface area contributed by atoms with Crippen molar-refractivity contribution in [2.75, 3.05) is 20.6 Å². The van der Waals surface area contributed by atoms with Crippen LogP contribution in [0.4, 0.5) is 0 Å². The zero-order chi connectivity index (χ0) is 15.5. The van der Waals surface area contributed by atoms with Crippen molar-refractivity contribution in [2.45, 2.75) is 25.4 Å². The highest BCUT2D eigenvalue weighted by atomic mass is 16.2. The van der Waals surface area contributed by atoms with Crippen molar-refractivity contribution in [3.8, 4) is 0 Å². The van der Waals surface area contributed by atoms with Crippen LogP contribution in [0.25, 0.3) is 0 Å². The molecular formula is C16H21N5O. The summed E-state index contributed by atoms with van der Waals surface area (Å²) in [4.78, 5) is 20.4. The van der Waals surface area contributed by atoms with Crippen LogP contribution in [0, 0.1) is 0 Å². The van der Waals surface area contributed by atoms with Gasteiger partial charge in [-0.2, -0.15) is 5.10 Å². The molecule has 0 saturated carbocycles. The van der Waals surface area contributed by atoms with Gasteiger partial charge in [0.05, 0.1) is 23.5 Å². The van der Waals surface area contributed by atoms with E-state index in [9.17, 15) is 4.79 Å². The van der Waals surface area contributed by atoms with Gasteiger partial charge in [-0.25, -0.2) is 0 Å². The summed E-state index contributed by atoms with van der Waals surface area (Å²) >= 11 is 0. The number of hydrogen-bond donors (Lipinski definition) is 1. The first kappa shape index (κ1) is 14.7. The zero-order valence-corrected chi connectivity index (χ0v) is 13.0. The van der Waals surface area contributed by atoms with Gasteiger partial charge in [-0.1, -0.05) is 6.07 Å². The smallest absolute Gasteiger partial charge is 0.256 e. The molecule has 2 aromatic heterocycles. The molecule has 1 amide bonds. The molecule has 0 aliphatic carbocycles. The van der Waals surface area contributed by atoms with Crippen LogP contribution in [0.1, 0.15) is 40.5 Å². The van der Waals surface area contributed by atoms with Crippen molar-refractivity contribution < 1.29 is 4.79 Å². The van der Waals surface area contributed by atoms with Gasteiger partial charge in [0.1, 0.15) is 0 Å². The molecule has 1 atom stereocenters. The van der Waals surface area contributed by atoms with E-state index in [1.165, 1.54) is 5.56 Å². The Morgan fingerprint density at radius 3 is 3.05 bits per heavy atom. The Morgan fingerprint density at radius 1 is 1.45 bits per heavy atom. The molecule has 0 radical (unpaired) electrons. The number of pyridine rings is 1. The van der Waals surface area contributed by atoms with E-state index < -0.39 is 0 Å². The Kier molecular flexibility index (Phi) is 4.20. The number of amides is 1. The molecular weight excluding hydrogens is 278 g/mol. The lowest BCUT2D eigenvalue weighted by atomic mass is 10.1. The number of aromatic amines is 1. The Morgan fingerprint density at radius 2 is 2.32 bits per heavy atom. The quantitative estimate of drug-likeness (QED) is 0.935. The van der Waals surface area contributed by atoms with Crippen molar-refractivity contribution in [3.63, 3.8) is 0 Å². The summed E-state index contributed by atoms with van der Waals surface area (Å²) in [7, 11) is 3.53. The van der Waals surface area contributed by atoms with E-state index in [4.69, 9.17) is 0 Å². The predicted octanol–water partition coefficient (Wildman–Crippen LogP) is 1.84. The first-order chi connectivity index (χ1) is 10.7. The third-order valence-electron chi connectivity index (χ3n) is 4.11. The summed E-state index contributed by atoms with van der Waals surface area (Å²) in [5.74, 6) is -0.00280. The maximum absolute atomic E-state index is 12.3. The second-order valence-corrected chi connectivity index (χ2v) is 5.89. The van der Waals surface area contributed by atoms with Crippen molar-refractivity contribution in [1.82, 2.24) is 25.0 Å². The van der Waals surface area contributed by atoms with E-state index >= 15 is 0 Å². The fourth-order valence-electron chi connectivity index (χ4n) is 3.03. The van der Waals surface area contributed by atoms with Gasteiger partial charge in [0.15, 0.2) is 0 Å². The number of nitrogens with one attached hydrogen (secondary N) is 1. The lowest BCUT2D eigenvalue weighted by Gasteiger charge is -2.24. The Bertz CT molecular complexity index is 637. The molecule has 0 spiro atoms. The van der Waals surface area contributed by atoms with Gasteiger partial charge in [-0.15, -0.1) is 0 Å². The number of carbonyl (C=O) groups excluding carboxylic acids is 1. The van der Waals surface area contributed by atoms with E-state index in [2.05, 4.69) is 26.1 Å². The highest BCUT2D eigenvalue weighted by molar-refractivity contribution is 5.94.